The number of aliphatic hydroxyl groups is 1. The SMILES string of the molecule is CCC(C(N)=S)S(=O)(=O)N(CC)CCCO. The van der Waals surface area contributed by atoms with Gasteiger partial charge in [0.1, 0.15) is 5.25 Å². The van der Waals surface area contributed by atoms with E-state index in [0.717, 1.165) is 0 Å². The molecule has 0 saturated carbocycles. The number of sulfonamides is 1. The smallest absolute Gasteiger partial charge is 0.223 e. The lowest BCUT2D eigenvalue weighted by Crippen LogP contribution is -2.44. The van der Waals surface area contributed by atoms with E-state index in [1.165, 1.54) is 4.31 Å². The summed E-state index contributed by atoms with van der Waals surface area (Å²) in [6.45, 7) is 4.12. The normalized spacial score (nSPS) is 14.0. The van der Waals surface area contributed by atoms with Gasteiger partial charge in [0.25, 0.3) is 0 Å². The minimum Gasteiger partial charge on any atom is -0.396 e. The molecule has 7 heteroatoms. The van der Waals surface area contributed by atoms with E-state index in [0.29, 0.717) is 25.9 Å². The summed E-state index contributed by atoms with van der Waals surface area (Å²) in [5.41, 5.74) is 5.43. The number of rotatable bonds is 8. The lowest BCUT2D eigenvalue weighted by Gasteiger charge is -2.25. The Morgan fingerprint density at radius 2 is 2.06 bits per heavy atom. The molecule has 1 unspecified atom stereocenters. The molecule has 96 valence electrons. The highest BCUT2D eigenvalue weighted by Crippen LogP contribution is 2.13. The topological polar surface area (TPSA) is 83.6 Å². The first-order valence-corrected chi connectivity index (χ1v) is 7.22. The quantitative estimate of drug-likeness (QED) is 0.609. The Labute approximate surface area is 103 Å². The van der Waals surface area contributed by atoms with Gasteiger partial charge in [-0.15, -0.1) is 0 Å². The maximum absolute atomic E-state index is 12.1. The Morgan fingerprint density at radius 3 is 2.38 bits per heavy atom. The molecule has 0 aromatic rings. The molecule has 0 aromatic carbocycles. The van der Waals surface area contributed by atoms with Gasteiger partial charge < -0.3 is 10.8 Å². The number of nitrogens with two attached hydrogens (primary N) is 1. The Balaban J connectivity index is 4.90. The molecule has 3 N–H and O–H groups in total. The first kappa shape index (κ1) is 15.8. The average molecular weight is 268 g/mol. The highest BCUT2D eigenvalue weighted by Gasteiger charge is 2.31. The van der Waals surface area contributed by atoms with Gasteiger partial charge in [-0.1, -0.05) is 26.1 Å². The van der Waals surface area contributed by atoms with Gasteiger partial charge in [0.05, 0.1) is 4.99 Å². The van der Waals surface area contributed by atoms with Crippen LogP contribution in [0.5, 0.6) is 0 Å². The van der Waals surface area contributed by atoms with Gasteiger partial charge in [0, 0.05) is 19.7 Å². The number of thiocarbonyl (C=S) groups is 1. The van der Waals surface area contributed by atoms with E-state index < -0.39 is 15.3 Å². The predicted octanol–water partition coefficient (Wildman–Crippen LogP) is 0.0852. The third-order valence-corrected chi connectivity index (χ3v) is 5.23. The Bertz CT molecular complexity index is 317. The first-order chi connectivity index (χ1) is 7.41. The van der Waals surface area contributed by atoms with Gasteiger partial charge in [0.15, 0.2) is 0 Å². The second-order valence-corrected chi connectivity index (χ2v) is 6.00. The lowest BCUT2D eigenvalue weighted by molar-refractivity contribution is 0.270. The van der Waals surface area contributed by atoms with Crippen LogP contribution in [-0.2, 0) is 10.0 Å². The maximum atomic E-state index is 12.1. The van der Waals surface area contributed by atoms with Gasteiger partial charge in [-0.3, -0.25) is 0 Å². The predicted molar refractivity (Wildman–Crippen MR) is 68.7 cm³/mol. The van der Waals surface area contributed by atoms with Crippen LogP contribution in [0, 0.1) is 0 Å². The van der Waals surface area contributed by atoms with Crippen LogP contribution in [0.15, 0.2) is 0 Å². The third-order valence-electron chi connectivity index (χ3n) is 2.33. The van der Waals surface area contributed by atoms with Crippen molar-refractivity contribution in [1.29, 1.82) is 0 Å². The van der Waals surface area contributed by atoms with Crippen LogP contribution < -0.4 is 5.73 Å². The Kier molecular flexibility index (Phi) is 7.05. The molecule has 0 aliphatic rings. The van der Waals surface area contributed by atoms with Crippen LogP contribution in [0.3, 0.4) is 0 Å². The molecule has 5 nitrogen and oxygen atoms in total. The molecule has 1 atom stereocenters. The van der Waals surface area contributed by atoms with Crippen LogP contribution in [0.4, 0.5) is 0 Å². The van der Waals surface area contributed by atoms with Gasteiger partial charge in [-0.05, 0) is 12.8 Å². The lowest BCUT2D eigenvalue weighted by atomic mass is 10.3. The highest BCUT2D eigenvalue weighted by molar-refractivity contribution is 7.92. The van der Waals surface area contributed by atoms with Gasteiger partial charge >= 0.3 is 0 Å². The summed E-state index contributed by atoms with van der Waals surface area (Å²) in [4.78, 5) is 0.00458. The molecular formula is C9H20N2O3S2. The second kappa shape index (κ2) is 7.16. The van der Waals surface area contributed by atoms with Crippen LogP contribution in [0.25, 0.3) is 0 Å². The van der Waals surface area contributed by atoms with Crippen LogP contribution in [-0.4, -0.2) is 47.8 Å². The molecule has 0 saturated heterocycles. The van der Waals surface area contributed by atoms with Crippen molar-refractivity contribution in [3.05, 3.63) is 0 Å². The fraction of sp³-hybridized carbons (Fsp3) is 0.889. The first-order valence-electron chi connectivity index (χ1n) is 5.30. The van der Waals surface area contributed by atoms with Crippen molar-refractivity contribution in [2.45, 2.75) is 31.9 Å². The fourth-order valence-electron chi connectivity index (χ4n) is 1.45. The zero-order valence-electron chi connectivity index (χ0n) is 9.72. The molecule has 0 aromatic heterocycles. The molecule has 0 radical (unpaired) electrons. The molecule has 0 heterocycles. The molecule has 0 aliphatic heterocycles. The van der Waals surface area contributed by atoms with Crippen molar-refractivity contribution in [3.8, 4) is 0 Å². The summed E-state index contributed by atoms with van der Waals surface area (Å²) in [6.07, 6.45) is 0.786. The number of hydrogen-bond acceptors (Lipinski definition) is 4. The molecule has 0 amide bonds. The van der Waals surface area contributed by atoms with Crippen molar-refractivity contribution in [1.82, 2.24) is 4.31 Å². The monoisotopic (exact) mass is 268 g/mol. The van der Waals surface area contributed by atoms with Gasteiger partial charge in [-0.25, -0.2) is 12.7 Å². The summed E-state index contributed by atoms with van der Waals surface area (Å²) >= 11 is 4.77. The highest BCUT2D eigenvalue weighted by atomic mass is 32.2. The molecule has 0 bridgehead atoms. The van der Waals surface area contributed by atoms with E-state index in [9.17, 15) is 8.42 Å². The van der Waals surface area contributed by atoms with Crippen molar-refractivity contribution in [2.75, 3.05) is 19.7 Å². The van der Waals surface area contributed by atoms with E-state index in [4.69, 9.17) is 23.1 Å². The zero-order valence-corrected chi connectivity index (χ0v) is 11.4. The third kappa shape index (κ3) is 3.97. The number of nitrogens with zero attached hydrogens (tertiary/aromatic N) is 1. The fourth-order valence-corrected chi connectivity index (χ4v) is 3.80. The van der Waals surface area contributed by atoms with Crippen LogP contribution in [0.2, 0.25) is 0 Å². The number of aliphatic hydroxyl groups excluding tert-OH is 1. The Morgan fingerprint density at radius 1 is 1.50 bits per heavy atom. The van der Waals surface area contributed by atoms with Crippen molar-refractivity contribution in [3.63, 3.8) is 0 Å². The molecule has 0 spiro atoms. The zero-order chi connectivity index (χ0) is 12.8. The second-order valence-electron chi connectivity index (χ2n) is 3.41. The van der Waals surface area contributed by atoms with E-state index >= 15 is 0 Å². The molecule has 0 fully saturated rings. The van der Waals surface area contributed by atoms with E-state index in [2.05, 4.69) is 0 Å². The molecule has 16 heavy (non-hydrogen) atoms. The number of hydrogen-bond donors (Lipinski definition) is 2. The van der Waals surface area contributed by atoms with Crippen molar-refractivity contribution < 1.29 is 13.5 Å². The Hall–Kier alpha value is -0.240. The largest absolute Gasteiger partial charge is 0.396 e. The van der Waals surface area contributed by atoms with Crippen LogP contribution in [0.1, 0.15) is 26.7 Å². The molecular weight excluding hydrogens is 248 g/mol. The van der Waals surface area contributed by atoms with E-state index in [-0.39, 0.29) is 11.6 Å². The van der Waals surface area contributed by atoms with Crippen LogP contribution >= 0.6 is 12.2 Å². The van der Waals surface area contributed by atoms with Crippen molar-refractivity contribution in [2.24, 2.45) is 5.73 Å². The summed E-state index contributed by atoms with van der Waals surface area (Å²) < 4.78 is 25.6. The maximum Gasteiger partial charge on any atom is 0.223 e. The summed E-state index contributed by atoms with van der Waals surface area (Å²) in [5.74, 6) is 0. The molecule has 0 rings (SSSR count). The summed E-state index contributed by atoms with van der Waals surface area (Å²) in [6, 6.07) is 0. The minimum absolute atomic E-state index is 0.00458. The van der Waals surface area contributed by atoms with Crippen molar-refractivity contribution >= 4 is 27.2 Å². The van der Waals surface area contributed by atoms with E-state index in [1.54, 1.807) is 13.8 Å². The molecule has 0 aliphatic carbocycles. The standard InChI is InChI=1S/C9H20N2O3S2/c1-3-8(9(10)15)16(13,14)11(4-2)6-5-7-12/h8,12H,3-7H2,1-2H3,(H2,10,15). The minimum atomic E-state index is -3.48. The average Bonchev–Trinajstić information content (AvgIpc) is 2.18. The van der Waals surface area contributed by atoms with Gasteiger partial charge in [-0.2, -0.15) is 0 Å². The van der Waals surface area contributed by atoms with E-state index in [1.807, 2.05) is 0 Å². The summed E-state index contributed by atoms with van der Waals surface area (Å²) in [7, 11) is -3.48. The van der Waals surface area contributed by atoms with Gasteiger partial charge in [0.2, 0.25) is 10.0 Å². The summed E-state index contributed by atoms with van der Waals surface area (Å²) in [5, 5.41) is 7.90.